The third kappa shape index (κ3) is 4.98. The molecule has 0 radical (unpaired) electrons. The van der Waals surface area contributed by atoms with Crippen molar-refractivity contribution in [3.8, 4) is 0 Å². The molecule has 11 heteroatoms. The number of fused-ring (bicyclic) bond motifs is 2. The van der Waals surface area contributed by atoms with E-state index in [1.807, 2.05) is 13.1 Å². The molecule has 2 aromatic heterocycles. The van der Waals surface area contributed by atoms with E-state index in [1.54, 1.807) is 10.9 Å². The van der Waals surface area contributed by atoms with Gasteiger partial charge in [0.2, 0.25) is 0 Å². The fraction of sp³-hybridized carbons (Fsp3) is 0.682. The summed E-state index contributed by atoms with van der Waals surface area (Å²) in [7, 11) is 0. The van der Waals surface area contributed by atoms with E-state index in [2.05, 4.69) is 10.00 Å². The van der Waals surface area contributed by atoms with E-state index in [1.165, 1.54) is 13.8 Å². The normalized spacial score (nSPS) is 27.7. The first-order valence-electron chi connectivity index (χ1n) is 11.0. The monoisotopic (exact) mass is 489 g/mol. The first kappa shape index (κ1) is 24.6. The predicted octanol–water partition coefficient (Wildman–Crippen LogP) is 3.04. The van der Waals surface area contributed by atoms with Crippen LogP contribution in [-0.4, -0.2) is 60.9 Å². The van der Waals surface area contributed by atoms with Gasteiger partial charge in [-0.1, -0.05) is 0 Å². The third-order valence-corrected chi connectivity index (χ3v) is 8.01. The molecular weight excluding hydrogens is 459 g/mol. The Hall–Kier alpha value is -1.50. The molecule has 0 amide bonds. The van der Waals surface area contributed by atoms with Crippen LogP contribution >= 0.6 is 11.3 Å². The lowest BCUT2D eigenvalue weighted by atomic mass is 9.81. The molecule has 3 N–H and O–H groups in total. The molecule has 4 heterocycles. The number of alkyl halides is 3. The van der Waals surface area contributed by atoms with E-state index in [-0.39, 0.29) is 19.2 Å². The average Bonchev–Trinajstić information content (AvgIpc) is 3.34. The molecule has 0 unspecified atom stereocenters. The number of hydrogen-bond donors (Lipinski definition) is 3. The number of likely N-dealkylation sites (tertiary alicyclic amines) is 1. The van der Waals surface area contributed by atoms with Gasteiger partial charge >= 0.3 is 6.18 Å². The summed E-state index contributed by atoms with van der Waals surface area (Å²) in [4.78, 5) is 2.02. The van der Waals surface area contributed by atoms with Gasteiger partial charge in [-0.15, -0.1) is 11.3 Å². The molecule has 4 rings (SSSR count). The lowest BCUT2D eigenvalue weighted by Crippen LogP contribution is -2.50. The zero-order chi connectivity index (χ0) is 24.2. The quantitative estimate of drug-likeness (QED) is 0.598. The molecule has 2 aliphatic heterocycles. The zero-order valence-electron chi connectivity index (χ0n) is 18.8. The van der Waals surface area contributed by atoms with Crippen LogP contribution < -0.4 is 0 Å². The third-order valence-electron chi connectivity index (χ3n) is 6.63. The molecule has 7 nitrogen and oxygen atoms in total. The highest BCUT2D eigenvalue weighted by atomic mass is 32.1. The second-order valence-electron chi connectivity index (χ2n) is 9.73. The van der Waals surface area contributed by atoms with E-state index >= 15 is 0 Å². The Morgan fingerprint density at radius 3 is 2.73 bits per heavy atom. The van der Waals surface area contributed by atoms with Crippen molar-refractivity contribution < 1.29 is 33.2 Å². The highest BCUT2D eigenvalue weighted by molar-refractivity contribution is 7.12. The molecule has 1 fully saturated rings. The molecular formula is C22H30F3N3O4S. The van der Waals surface area contributed by atoms with Gasteiger partial charge in [0, 0.05) is 41.3 Å². The molecule has 2 aromatic rings. The van der Waals surface area contributed by atoms with Crippen molar-refractivity contribution in [3.05, 3.63) is 39.3 Å². The Morgan fingerprint density at radius 2 is 2.09 bits per heavy atom. The number of aliphatic hydroxyl groups excluding tert-OH is 2. The Labute approximate surface area is 194 Å². The molecule has 0 bridgehead atoms. The van der Waals surface area contributed by atoms with Gasteiger partial charge in [-0.3, -0.25) is 9.58 Å². The van der Waals surface area contributed by atoms with E-state index in [0.717, 1.165) is 11.6 Å². The van der Waals surface area contributed by atoms with Gasteiger partial charge in [0.1, 0.15) is 22.7 Å². The van der Waals surface area contributed by atoms with E-state index in [0.29, 0.717) is 47.7 Å². The highest BCUT2D eigenvalue weighted by Crippen LogP contribution is 2.51. The van der Waals surface area contributed by atoms with E-state index in [4.69, 9.17) is 4.74 Å². The maximum Gasteiger partial charge on any atom is 0.425 e. The Balaban J connectivity index is 1.46. The van der Waals surface area contributed by atoms with Crippen LogP contribution in [0.4, 0.5) is 13.2 Å². The number of piperidine rings is 1. The summed E-state index contributed by atoms with van der Waals surface area (Å²) in [5.41, 5.74) is -0.774. The molecule has 4 atom stereocenters. The van der Waals surface area contributed by atoms with Crippen LogP contribution in [-0.2, 0) is 29.6 Å². The standard InChI is InChI=1S/C22H30F3N3O4S/c1-13-7-21(19-15(16(29)12-32-21)6-18(33-19)22(23,24)25)4-5-27(13)9-14-8-26-28(10-14)11-17(30)20(2,3)31/h6,8,10,13,16-17,29-31H,4-5,7,9,11-12H2,1-3H3/t13-,16+,17+,21+/m0/s1. The van der Waals surface area contributed by atoms with Gasteiger partial charge in [0.05, 0.1) is 24.9 Å². The van der Waals surface area contributed by atoms with Crippen LogP contribution in [0, 0.1) is 0 Å². The van der Waals surface area contributed by atoms with Crippen LogP contribution in [0.1, 0.15) is 60.6 Å². The molecule has 2 aliphatic rings. The van der Waals surface area contributed by atoms with Crippen LogP contribution in [0.5, 0.6) is 0 Å². The number of rotatable bonds is 5. The van der Waals surface area contributed by atoms with Gasteiger partial charge in [0.15, 0.2) is 0 Å². The SMILES string of the molecule is C[C@H]1C[C@@]2(CCN1Cc1cnn(C[C@@H](O)C(C)(C)O)c1)OC[C@@H](O)c1cc(C(F)(F)F)sc12. The maximum atomic E-state index is 13.3. The zero-order valence-corrected chi connectivity index (χ0v) is 19.7. The van der Waals surface area contributed by atoms with Gasteiger partial charge < -0.3 is 20.1 Å². The number of ether oxygens (including phenoxy) is 1. The molecule has 0 aromatic carbocycles. The molecule has 1 spiro atoms. The Kier molecular flexibility index (Phi) is 6.43. The second kappa shape index (κ2) is 8.62. The number of nitrogens with zero attached hydrogens (tertiary/aromatic N) is 3. The summed E-state index contributed by atoms with van der Waals surface area (Å²) in [6.45, 7) is 6.48. The minimum absolute atomic E-state index is 0.00987. The number of thiophene rings is 1. The molecule has 184 valence electrons. The summed E-state index contributed by atoms with van der Waals surface area (Å²) < 4.78 is 47.6. The molecule has 1 saturated heterocycles. The number of halogens is 3. The molecule has 0 aliphatic carbocycles. The topological polar surface area (TPSA) is 91.0 Å². The van der Waals surface area contributed by atoms with Crippen molar-refractivity contribution in [2.45, 2.75) is 82.3 Å². The highest BCUT2D eigenvalue weighted by Gasteiger charge is 2.48. The van der Waals surface area contributed by atoms with Crippen LogP contribution in [0.3, 0.4) is 0 Å². The summed E-state index contributed by atoms with van der Waals surface area (Å²) >= 11 is 0.684. The lowest BCUT2D eigenvalue weighted by Gasteiger charge is -2.47. The minimum atomic E-state index is -4.45. The molecule has 33 heavy (non-hydrogen) atoms. The summed E-state index contributed by atoms with van der Waals surface area (Å²) in [5, 5.41) is 34.5. The average molecular weight is 490 g/mol. The van der Waals surface area contributed by atoms with Crippen molar-refractivity contribution in [3.63, 3.8) is 0 Å². The van der Waals surface area contributed by atoms with Crippen molar-refractivity contribution in [2.24, 2.45) is 0 Å². The maximum absolute atomic E-state index is 13.3. The van der Waals surface area contributed by atoms with Crippen molar-refractivity contribution in [1.29, 1.82) is 0 Å². The fourth-order valence-corrected chi connectivity index (χ4v) is 5.85. The first-order valence-corrected chi connectivity index (χ1v) is 11.8. The van der Waals surface area contributed by atoms with E-state index < -0.39 is 34.5 Å². The van der Waals surface area contributed by atoms with Gasteiger partial charge in [0.25, 0.3) is 0 Å². The number of hydrogen-bond acceptors (Lipinski definition) is 7. The number of aromatic nitrogens is 2. The van der Waals surface area contributed by atoms with Gasteiger partial charge in [-0.05, 0) is 39.7 Å². The summed E-state index contributed by atoms with van der Waals surface area (Å²) in [6, 6.07) is 1.10. The first-order chi connectivity index (χ1) is 15.3. The smallest absolute Gasteiger partial charge is 0.388 e. The molecule has 0 saturated carbocycles. The Morgan fingerprint density at radius 1 is 1.36 bits per heavy atom. The van der Waals surface area contributed by atoms with Crippen molar-refractivity contribution in [1.82, 2.24) is 14.7 Å². The lowest BCUT2D eigenvalue weighted by molar-refractivity contribution is -0.139. The largest absolute Gasteiger partial charge is 0.425 e. The Bertz CT molecular complexity index is 986. The summed E-state index contributed by atoms with van der Waals surface area (Å²) in [5.74, 6) is 0. The predicted molar refractivity (Wildman–Crippen MR) is 116 cm³/mol. The summed E-state index contributed by atoms with van der Waals surface area (Å²) in [6.07, 6.45) is -1.86. The number of aliphatic hydroxyl groups is 3. The van der Waals surface area contributed by atoms with Crippen LogP contribution in [0.25, 0.3) is 0 Å². The second-order valence-corrected chi connectivity index (χ2v) is 10.8. The van der Waals surface area contributed by atoms with Crippen LogP contribution in [0.2, 0.25) is 0 Å². The van der Waals surface area contributed by atoms with Gasteiger partial charge in [-0.2, -0.15) is 18.3 Å². The van der Waals surface area contributed by atoms with Crippen molar-refractivity contribution >= 4 is 11.3 Å². The van der Waals surface area contributed by atoms with Crippen molar-refractivity contribution in [2.75, 3.05) is 13.2 Å². The van der Waals surface area contributed by atoms with Gasteiger partial charge in [-0.25, -0.2) is 0 Å². The minimum Gasteiger partial charge on any atom is -0.388 e. The fourth-order valence-electron chi connectivity index (χ4n) is 4.59. The van der Waals surface area contributed by atoms with E-state index in [9.17, 15) is 28.5 Å². The van der Waals surface area contributed by atoms with Crippen LogP contribution in [0.15, 0.2) is 18.5 Å².